The minimum atomic E-state index is -0.351. The van der Waals surface area contributed by atoms with E-state index in [4.69, 9.17) is 4.74 Å². The Morgan fingerprint density at radius 3 is 2.26 bits per heavy atom. The van der Waals surface area contributed by atoms with Crippen LogP contribution in [0.5, 0.6) is 0 Å². The van der Waals surface area contributed by atoms with Crippen LogP contribution in [0.4, 0.5) is 21.9 Å². The molecule has 3 aromatic rings. The third kappa shape index (κ3) is 6.92. The Morgan fingerprint density at radius 2 is 1.55 bits per heavy atom. The average Bonchev–Trinajstić information content (AvgIpc) is 3.47. The summed E-state index contributed by atoms with van der Waals surface area (Å²) in [5, 5.41) is 8.76. The van der Waals surface area contributed by atoms with Crippen LogP contribution in [-0.2, 0) is 11.2 Å². The molecular weight excluding hydrogens is 476 g/mol. The smallest absolute Gasteiger partial charge is 0.323 e. The number of amides is 3. The van der Waals surface area contributed by atoms with Gasteiger partial charge < -0.3 is 25.6 Å². The number of urea groups is 1. The molecule has 1 unspecified atom stereocenters. The molecule has 0 radical (unpaired) electrons. The molecule has 0 aromatic heterocycles. The number of carbonyl (C=O) groups is 2. The first-order chi connectivity index (χ1) is 18.6. The third-order valence-electron chi connectivity index (χ3n) is 7.37. The number of rotatable bonds is 8. The highest BCUT2D eigenvalue weighted by molar-refractivity contribution is 6.04. The van der Waals surface area contributed by atoms with E-state index in [0.29, 0.717) is 29.4 Å². The predicted molar refractivity (Wildman–Crippen MR) is 152 cm³/mol. The van der Waals surface area contributed by atoms with Crippen molar-refractivity contribution in [2.75, 3.05) is 41.8 Å². The molecule has 0 aliphatic carbocycles. The molecule has 5 rings (SSSR count). The second-order valence-corrected chi connectivity index (χ2v) is 10.1. The van der Waals surface area contributed by atoms with Gasteiger partial charge in [0.15, 0.2) is 0 Å². The quantitative estimate of drug-likeness (QED) is 0.362. The standard InChI is InChI=1S/C31H36N4O3/c36-30(32-22-27-12-7-19-38-27)28-21-26(34-31(37)33-25-10-5-2-6-11-25)13-14-29(28)35-17-15-24(16-18-35)20-23-8-3-1-4-9-23/h1-6,8-11,13-14,21,24,27H,7,12,15-20,22H2,(H,32,36)(H2,33,34,37). The van der Waals surface area contributed by atoms with Crippen molar-refractivity contribution in [3.05, 3.63) is 90.0 Å². The molecule has 2 fully saturated rings. The maximum Gasteiger partial charge on any atom is 0.323 e. The lowest BCUT2D eigenvalue weighted by molar-refractivity contribution is 0.0858. The van der Waals surface area contributed by atoms with Crippen LogP contribution in [-0.4, -0.2) is 44.3 Å². The van der Waals surface area contributed by atoms with E-state index in [1.54, 1.807) is 6.07 Å². The summed E-state index contributed by atoms with van der Waals surface area (Å²) < 4.78 is 5.69. The lowest BCUT2D eigenvalue weighted by Crippen LogP contribution is -2.37. The van der Waals surface area contributed by atoms with Gasteiger partial charge in [0.2, 0.25) is 0 Å². The van der Waals surface area contributed by atoms with E-state index >= 15 is 0 Å². The number of para-hydroxylation sites is 1. The summed E-state index contributed by atoms with van der Waals surface area (Å²) in [6.45, 7) is 3.03. The molecule has 3 aromatic carbocycles. The normalized spacial score (nSPS) is 17.7. The highest BCUT2D eigenvalue weighted by atomic mass is 16.5. The van der Waals surface area contributed by atoms with Gasteiger partial charge in [-0.25, -0.2) is 4.79 Å². The number of hydrogen-bond acceptors (Lipinski definition) is 4. The van der Waals surface area contributed by atoms with E-state index in [9.17, 15) is 9.59 Å². The number of nitrogens with one attached hydrogen (secondary N) is 3. The number of piperidine rings is 1. The number of nitrogens with zero attached hydrogens (tertiary/aromatic N) is 1. The van der Waals surface area contributed by atoms with Crippen LogP contribution in [0.3, 0.4) is 0 Å². The fourth-order valence-electron chi connectivity index (χ4n) is 5.32. The molecule has 198 valence electrons. The summed E-state index contributed by atoms with van der Waals surface area (Å²) in [5.41, 5.74) is 4.13. The van der Waals surface area contributed by atoms with Gasteiger partial charge in [-0.1, -0.05) is 48.5 Å². The Balaban J connectivity index is 1.27. The molecule has 2 aliphatic rings. The van der Waals surface area contributed by atoms with Gasteiger partial charge in [-0.3, -0.25) is 4.79 Å². The lowest BCUT2D eigenvalue weighted by atomic mass is 9.89. The summed E-state index contributed by atoms with van der Waals surface area (Å²) in [6.07, 6.45) is 5.29. The fourth-order valence-corrected chi connectivity index (χ4v) is 5.32. The second kappa shape index (κ2) is 12.6. The van der Waals surface area contributed by atoms with Crippen LogP contribution in [0.1, 0.15) is 41.6 Å². The van der Waals surface area contributed by atoms with E-state index in [0.717, 1.165) is 57.5 Å². The first-order valence-electron chi connectivity index (χ1n) is 13.6. The second-order valence-electron chi connectivity index (χ2n) is 10.1. The SMILES string of the molecule is O=C(Nc1ccccc1)Nc1ccc(N2CCC(Cc3ccccc3)CC2)c(C(=O)NCC2CCCO2)c1. The summed E-state index contributed by atoms with van der Waals surface area (Å²) in [4.78, 5) is 28.3. The Labute approximate surface area is 224 Å². The summed E-state index contributed by atoms with van der Waals surface area (Å²) in [6, 6.07) is 25.2. The first-order valence-corrected chi connectivity index (χ1v) is 13.6. The number of ether oxygens (including phenoxy) is 1. The molecule has 7 nitrogen and oxygen atoms in total. The third-order valence-corrected chi connectivity index (χ3v) is 7.37. The molecule has 3 N–H and O–H groups in total. The van der Waals surface area contributed by atoms with E-state index in [-0.39, 0.29) is 18.0 Å². The molecule has 2 heterocycles. The highest BCUT2D eigenvalue weighted by Crippen LogP contribution is 2.30. The summed E-state index contributed by atoms with van der Waals surface area (Å²) in [5.74, 6) is 0.488. The highest BCUT2D eigenvalue weighted by Gasteiger charge is 2.25. The van der Waals surface area contributed by atoms with Crippen LogP contribution in [0, 0.1) is 5.92 Å². The van der Waals surface area contributed by atoms with E-state index in [1.165, 1.54) is 5.56 Å². The van der Waals surface area contributed by atoms with Crippen LogP contribution >= 0.6 is 0 Å². The van der Waals surface area contributed by atoms with Crippen LogP contribution in [0.25, 0.3) is 0 Å². The zero-order chi connectivity index (χ0) is 26.2. The Kier molecular flexibility index (Phi) is 8.56. The first kappa shape index (κ1) is 25.8. The number of anilines is 3. The van der Waals surface area contributed by atoms with Crippen molar-refractivity contribution >= 4 is 29.0 Å². The minimum absolute atomic E-state index is 0.0640. The molecule has 0 bridgehead atoms. The van der Waals surface area contributed by atoms with Crippen molar-refractivity contribution in [1.82, 2.24) is 5.32 Å². The monoisotopic (exact) mass is 512 g/mol. The fraction of sp³-hybridized carbons (Fsp3) is 0.355. The molecule has 3 amide bonds. The van der Waals surface area contributed by atoms with Gasteiger partial charge in [0, 0.05) is 43.3 Å². The van der Waals surface area contributed by atoms with Crippen molar-refractivity contribution < 1.29 is 14.3 Å². The number of hydrogen-bond donors (Lipinski definition) is 3. The van der Waals surface area contributed by atoms with Gasteiger partial charge in [0.25, 0.3) is 5.91 Å². The largest absolute Gasteiger partial charge is 0.376 e. The van der Waals surface area contributed by atoms with E-state index in [2.05, 4.69) is 51.2 Å². The topological polar surface area (TPSA) is 82.7 Å². The Bertz CT molecular complexity index is 1200. The van der Waals surface area contributed by atoms with Gasteiger partial charge in [0.05, 0.1) is 11.7 Å². The van der Waals surface area contributed by atoms with Crippen LogP contribution in [0.2, 0.25) is 0 Å². The van der Waals surface area contributed by atoms with E-state index < -0.39 is 0 Å². The Hall–Kier alpha value is -3.84. The number of carbonyl (C=O) groups excluding carboxylic acids is 2. The van der Waals surface area contributed by atoms with Gasteiger partial charge in [-0.05, 0) is 73.9 Å². The van der Waals surface area contributed by atoms with Crippen molar-refractivity contribution in [2.45, 2.75) is 38.2 Å². The summed E-state index contributed by atoms with van der Waals surface area (Å²) in [7, 11) is 0. The lowest BCUT2D eigenvalue weighted by Gasteiger charge is -2.35. The van der Waals surface area contributed by atoms with Crippen LogP contribution in [0.15, 0.2) is 78.9 Å². The van der Waals surface area contributed by atoms with Gasteiger partial charge in [0.1, 0.15) is 0 Å². The molecule has 7 heteroatoms. The van der Waals surface area contributed by atoms with E-state index in [1.807, 2.05) is 42.5 Å². The molecule has 0 spiro atoms. The van der Waals surface area contributed by atoms with Gasteiger partial charge >= 0.3 is 6.03 Å². The zero-order valence-corrected chi connectivity index (χ0v) is 21.7. The average molecular weight is 513 g/mol. The molecular formula is C31H36N4O3. The predicted octanol–water partition coefficient (Wildman–Crippen LogP) is 5.70. The van der Waals surface area contributed by atoms with Gasteiger partial charge in [-0.15, -0.1) is 0 Å². The molecule has 0 saturated carbocycles. The summed E-state index contributed by atoms with van der Waals surface area (Å²) >= 11 is 0. The van der Waals surface area contributed by atoms with Crippen molar-refractivity contribution in [3.8, 4) is 0 Å². The molecule has 1 atom stereocenters. The maximum absolute atomic E-state index is 13.4. The van der Waals surface area contributed by atoms with Crippen molar-refractivity contribution in [3.63, 3.8) is 0 Å². The van der Waals surface area contributed by atoms with Crippen LogP contribution < -0.4 is 20.9 Å². The molecule has 2 aliphatic heterocycles. The van der Waals surface area contributed by atoms with Crippen molar-refractivity contribution in [2.24, 2.45) is 5.92 Å². The van der Waals surface area contributed by atoms with Gasteiger partial charge in [-0.2, -0.15) is 0 Å². The maximum atomic E-state index is 13.4. The van der Waals surface area contributed by atoms with Crippen molar-refractivity contribution in [1.29, 1.82) is 0 Å². The molecule has 2 saturated heterocycles. The minimum Gasteiger partial charge on any atom is -0.376 e. The number of benzene rings is 3. The molecule has 38 heavy (non-hydrogen) atoms. The Morgan fingerprint density at radius 1 is 0.842 bits per heavy atom. The zero-order valence-electron chi connectivity index (χ0n) is 21.7.